The number of carbonyl (C=O) groups excluding carboxylic acids is 2. The molecule has 2 aliphatic rings. The number of piperazine rings is 1. The topological polar surface area (TPSA) is 65.1 Å². The average Bonchev–Trinajstić information content (AvgIpc) is 3.40. The van der Waals surface area contributed by atoms with Crippen LogP contribution in [0.25, 0.3) is 0 Å². The monoisotopic (exact) mass is 554 g/mol. The molecular formula is C31H43ClN4O3. The molecule has 2 fully saturated rings. The number of hydrogen-bond donors (Lipinski definition) is 1. The van der Waals surface area contributed by atoms with Crippen LogP contribution in [0.15, 0.2) is 42.5 Å². The van der Waals surface area contributed by atoms with Gasteiger partial charge in [-0.15, -0.1) is 0 Å². The Kier molecular flexibility index (Phi) is 9.91. The van der Waals surface area contributed by atoms with E-state index in [1.165, 1.54) is 5.56 Å². The summed E-state index contributed by atoms with van der Waals surface area (Å²) in [4.78, 5) is 32.8. The third-order valence-electron chi connectivity index (χ3n) is 7.83. The minimum atomic E-state index is -0.223. The average molecular weight is 555 g/mol. The van der Waals surface area contributed by atoms with Gasteiger partial charge in [-0.25, -0.2) is 0 Å². The molecule has 1 N–H and O–H groups in total. The molecule has 0 radical (unpaired) electrons. The van der Waals surface area contributed by atoms with Crippen molar-refractivity contribution in [3.05, 3.63) is 64.2 Å². The van der Waals surface area contributed by atoms with Crippen LogP contribution in [-0.2, 0) is 14.3 Å². The SMILES string of the molecule is Cc1ccc(N2CCN(C(=O)[C@@H]3CCO[C@@H]3c3ccc(Cl)cc3)CC2)c([C@@H](NC(=O)CCN(C)C)C(C)C)c1. The first-order valence-corrected chi connectivity index (χ1v) is 14.5. The molecule has 2 heterocycles. The van der Waals surface area contributed by atoms with Crippen molar-refractivity contribution in [1.82, 2.24) is 15.1 Å². The summed E-state index contributed by atoms with van der Waals surface area (Å²) in [5.74, 6) is 0.308. The first-order valence-electron chi connectivity index (χ1n) is 14.1. The number of carbonyl (C=O) groups is 2. The first kappa shape index (κ1) is 29.4. The Balaban J connectivity index is 1.45. The van der Waals surface area contributed by atoms with Crippen molar-refractivity contribution in [3.8, 4) is 0 Å². The van der Waals surface area contributed by atoms with E-state index >= 15 is 0 Å². The lowest BCUT2D eigenvalue weighted by atomic mass is 9.92. The van der Waals surface area contributed by atoms with Gasteiger partial charge in [0.05, 0.1) is 18.1 Å². The second kappa shape index (κ2) is 13.2. The zero-order chi connectivity index (χ0) is 28.1. The predicted molar refractivity (Wildman–Crippen MR) is 157 cm³/mol. The molecule has 212 valence electrons. The number of amides is 2. The highest BCUT2D eigenvalue weighted by atomic mass is 35.5. The molecule has 3 atom stereocenters. The van der Waals surface area contributed by atoms with Crippen LogP contribution in [0.1, 0.15) is 55.5 Å². The van der Waals surface area contributed by atoms with Gasteiger partial charge in [0, 0.05) is 56.5 Å². The molecule has 0 unspecified atom stereocenters. The summed E-state index contributed by atoms with van der Waals surface area (Å²) in [5, 5.41) is 3.98. The number of rotatable bonds is 9. The Bertz CT molecular complexity index is 1130. The van der Waals surface area contributed by atoms with Gasteiger partial charge in [-0.3, -0.25) is 9.59 Å². The molecule has 0 aromatic heterocycles. The predicted octanol–water partition coefficient (Wildman–Crippen LogP) is 4.84. The summed E-state index contributed by atoms with van der Waals surface area (Å²) in [6.07, 6.45) is 0.984. The molecular weight excluding hydrogens is 512 g/mol. The van der Waals surface area contributed by atoms with Crippen LogP contribution in [-0.4, -0.2) is 75.0 Å². The van der Waals surface area contributed by atoms with E-state index in [4.69, 9.17) is 16.3 Å². The summed E-state index contributed by atoms with van der Waals surface area (Å²) >= 11 is 6.07. The third kappa shape index (κ3) is 7.33. The number of anilines is 1. The molecule has 0 saturated carbocycles. The van der Waals surface area contributed by atoms with Crippen molar-refractivity contribution in [1.29, 1.82) is 0 Å². The molecule has 0 spiro atoms. The zero-order valence-electron chi connectivity index (χ0n) is 24.0. The standard InChI is InChI=1S/C31H43ClN4O3/c1-21(2)29(33-28(37)12-14-34(4)5)26-20-22(3)6-11-27(26)35-15-17-36(18-16-35)31(38)25-13-19-39-30(25)23-7-9-24(32)10-8-23/h6-11,20-21,25,29-30H,12-19H2,1-5H3,(H,33,37)/t25-,29+,30-/m1/s1. The fourth-order valence-electron chi connectivity index (χ4n) is 5.61. The number of halogens is 1. The van der Waals surface area contributed by atoms with Crippen LogP contribution in [0.2, 0.25) is 5.02 Å². The van der Waals surface area contributed by atoms with Gasteiger partial charge in [0.25, 0.3) is 0 Å². The summed E-state index contributed by atoms with van der Waals surface area (Å²) in [6, 6.07) is 14.1. The molecule has 2 aliphatic heterocycles. The van der Waals surface area contributed by atoms with Crippen molar-refractivity contribution < 1.29 is 14.3 Å². The van der Waals surface area contributed by atoms with Crippen LogP contribution < -0.4 is 10.2 Å². The van der Waals surface area contributed by atoms with E-state index < -0.39 is 0 Å². The number of nitrogens with one attached hydrogen (secondary N) is 1. The van der Waals surface area contributed by atoms with E-state index in [1.54, 1.807) is 0 Å². The summed E-state index contributed by atoms with van der Waals surface area (Å²) in [5.41, 5.74) is 4.47. The lowest BCUT2D eigenvalue weighted by Crippen LogP contribution is -2.51. The Labute approximate surface area is 238 Å². The Hall–Kier alpha value is -2.61. The largest absolute Gasteiger partial charge is 0.373 e. The zero-order valence-corrected chi connectivity index (χ0v) is 24.7. The first-order chi connectivity index (χ1) is 18.6. The van der Waals surface area contributed by atoms with Crippen molar-refractivity contribution >= 4 is 29.1 Å². The second-order valence-corrected chi connectivity index (χ2v) is 11.9. The number of hydrogen-bond acceptors (Lipinski definition) is 5. The highest BCUT2D eigenvalue weighted by Crippen LogP contribution is 2.37. The fraction of sp³-hybridized carbons (Fsp3) is 0.548. The Morgan fingerprint density at radius 1 is 1.08 bits per heavy atom. The second-order valence-electron chi connectivity index (χ2n) is 11.5. The molecule has 0 bridgehead atoms. The Morgan fingerprint density at radius 2 is 1.77 bits per heavy atom. The maximum atomic E-state index is 13.6. The van der Waals surface area contributed by atoms with Gasteiger partial charge in [-0.05, 0) is 62.7 Å². The van der Waals surface area contributed by atoms with E-state index in [0.717, 1.165) is 42.9 Å². The van der Waals surface area contributed by atoms with Crippen LogP contribution in [0, 0.1) is 18.8 Å². The highest BCUT2D eigenvalue weighted by Gasteiger charge is 2.38. The molecule has 39 heavy (non-hydrogen) atoms. The molecule has 0 aliphatic carbocycles. The van der Waals surface area contributed by atoms with Gasteiger partial charge in [0.1, 0.15) is 0 Å². The van der Waals surface area contributed by atoms with Gasteiger partial charge in [0.2, 0.25) is 11.8 Å². The van der Waals surface area contributed by atoms with Gasteiger partial charge in [-0.1, -0.05) is 55.3 Å². The fourth-order valence-corrected chi connectivity index (χ4v) is 5.74. The van der Waals surface area contributed by atoms with Crippen LogP contribution >= 0.6 is 11.6 Å². The normalized spacial score (nSPS) is 20.5. The number of ether oxygens (including phenoxy) is 1. The molecule has 2 aromatic carbocycles. The van der Waals surface area contributed by atoms with Gasteiger partial charge in [0.15, 0.2) is 0 Å². The molecule has 7 nitrogen and oxygen atoms in total. The number of nitrogens with zero attached hydrogens (tertiary/aromatic N) is 3. The van der Waals surface area contributed by atoms with E-state index in [9.17, 15) is 9.59 Å². The minimum absolute atomic E-state index is 0.0688. The van der Waals surface area contributed by atoms with E-state index in [-0.39, 0.29) is 35.8 Å². The lowest BCUT2D eigenvalue weighted by Gasteiger charge is -2.39. The smallest absolute Gasteiger partial charge is 0.228 e. The van der Waals surface area contributed by atoms with Crippen molar-refractivity contribution in [2.75, 3.05) is 58.3 Å². The third-order valence-corrected chi connectivity index (χ3v) is 8.08. The van der Waals surface area contributed by atoms with E-state index in [1.807, 2.05) is 48.2 Å². The van der Waals surface area contributed by atoms with Crippen molar-refractivity contribution in [2.24, 2.45) is 11.8 Å². The van der Waals surface area contributed by atoms with E-state index in [0.29, 0.717) is 31.1 Å². The number of aryl methyl sites for hydroxylation is 1. The molecule has 2 aromatic rings. The maximum absolute atomic E-state index is 13.6. The maximum Gasteiger partial charge on any atom is 0.228 e. The Morgan fingerprint density at radius 3 is 2.41 bits per heavy atom. The summed E-state index contributed by atoms with van der Waals surface area (Å²) in [6.45, 7) is 10.5. The van der Waals surface area contributed by atoms with Crippen molar-refractivity contribution in [2.45, 2.75) is 45.8 Å². The molecule has 4 rings (SSSR count). The minimum Gasteiger partial charge on any atom is -0.373 e. The van der Waals surface area contributed by atoms with E-state index in [2.05, 4.69) is 49.2 Å². The quantitative estimate of drug-likeness (QED) is 0.480. The molecule has 2 saturated heterocycles. The summed E-state index contributed by atoms with van der Waals surface area (Å²) < 4.78 is 5.99. The van der Waals surface area contributed by atoms with Gasteiger partial charge in [-0.2, -0.15) is 0 Å². The molecule has 2 amide bonds. The van der Waals surface area contributed by atoms with Gasteiger partial charge < -0.3 is 24.8 Å². The van der Waals surface area contributed by atoms with Crippen LogP contribution in [0.5, 0.6) is 0 Å². The van der Waals surface area contributed by atoms with Crippen LogP contribution in [0.4, 0.5) is 5.69 Å². The van der Waals surface area contributed by atoms with Gasteiger partial charge >= 0.3 is 0 Å². The number of benzene rings is 2. The summed E-state index contributed by atoms with van der Waals surface area (Å²) in [7, 11) is 3.96. The van der Waals surface area contributed by atoms with Crippen molar-refractivity contribution in [3.63, 3.8) is 0 Å². The molecule has 8 heteroatoms. The van der Waals surface area contributed by atoms with Crippen LogP contribution in [0.3, 0.4) is 0 Å². The highest BCUT2D eigenvalue weighted by molar-refractivity contribution is 6.30. The lowest BCUT2D eigenvalue weighted by molar-refractivity contribution is -0.137.